The Kier molecular flexibility index (Phi) is 6.47. The maximum absolute atomic E-state index is 13.0. The zero-order valence-corrected chi connectivity index (χ0v) is 18.6. The fourth-order valence-electron chi connectivity index (χ4n) is 3.71. The number of rotatable bonds is 6. The number of para-hydroxylation sites is 1. The van der Waals surface area contributed by atoms with Gasteiger partial charge in [-0.1, -0.05) is 78.9 Å². The summed E-state index contributed by atoms with van der Waals surface area (Å²) in [5.41, 5.74) is 6.11. The monoisotopic (exact) mass is 432 g/mol. The Morgan fingerprint density at radius 2 is 1.61 bits per heavy atom. The van der Waals surface area contributed by atoms with Crippen molar-refractivity contribution in [3.8, 4) is 17.3 Å². The first-order valence-electron chi connectivity index (χ1n) is 10.7. The lowest BCUT2D eigenvalue weighted by Crippen LogP contribution is -2.15. The highest BCUT2D eigenvalue weighted by Gasteiger charge is 2.16. The Morgan fingerprint density at radius 3 is 2.24 bits per heavy atom. The van der Waals surface area contributed by atoms with E-state index in [0.717, 1.165) is 33.6 Å². The van der Waals surface area contributed by atoms with E-state index in [-0.39, 0.29) is 5.57 Å². The summed E-state index contributed by atoms with van der Waals surface area (Å²) in [5, 5.41) is 17.4. The highest BCUT2D eigenvalue weighted by atomic mass is 16.1. The third-order valence-electron chi connectivity index (χ3n) is 5.41. The number of carbonyl (C=O) groups is 1. The zero-order chi connectivity index (χ0) is 23.2. The van der Waals surface area contributed by atoms with E-state index in [2.05, 4.69) is 11.4 Å². The third-order valence-corrected chi connectivity index (χ3v) is 5.41. The lowest BCUT2D eigenvalue weighted by atomic mass is 10.1. The van der Waals surface area contributed by atoms with Crippen molar-refractivity contribution >= 4 is 17.7 Å². The van der Waals surface area contributed by atoms with E-state index in [9.17, 15) is 10.1 Å². The second-order valence-electron chi connectivity index (χ2n) is 7.87. The standard InChI is InChI=1S/C28H24N4O/c1-20-10-9-11-21(2)26(20)30-28(33)24(17-29)16-25-19-32(18-22-12-5-3-6-13-22)31-27(25)23-14-7-4-8-15-23/h3-16,19H,18H2,1-2H3,(H,30,33)/b24-16-. The van der Waals surface area contributed by atoms with Gasteiger partial charge >= 0.3 is 0 Å². The normalized spacial score (nSPS) is 11.1. The van der Waals surface area contributed by atoms with E-state index in [1.165, 1.54) is 0 Å². The summed E-state index contributed by atoms with van der Waals surface area (Å²) in [7, 11) is 0. The van der Waals surface area contributed by atoms with Gasteiger partial charge in [0.1, 0.15) is 11.6 Å². The van der Waals surface area contributed by atoms with Gasteiger partial charge in [0.25, 0.3) is 5.91 Å². The lowest BCUT2D eigenvalue weighted by Gasteiger charge is -2.10. The highest BCUT2D eigenvalue weighted by Crippen LogP contribution is 2.25. The van der Waals surface area contributed by atoms with Crippen molar-refractivity contribution in [3.63, 3.8) is 0 Å². The first-order valence-corrected chi connectivity index (χ1v) is 10.7. The molecular formula is C28H24N4O. The molecule has 0 aliphatic rings. The minimum Gasteiger partial charge on any atom is -0.321 e. The lowest BCUT2D eigenvalue weighted by molar-refractivity contribution is -0.112. The molecule has 0 fully saturated rings. The average Bonchev–Trinajstić information content (AvgIpc) is 3.23. The maximum Gasteiger partial charge on any atom is 0.266 e. The number of hydrogen-bond acceptors (Lipinski definition) is 3. The first-order chi connectivity index (χ1) is 16.0. The van der Waals surface area contributed by atoms with E-state index < -0.39 is 5.91 Å². The van der Waals surface area contributed by atoms with Gasteiger partial charge < -0.3 is 5.32 Å². The molecule has 162 valence electrons. The maximum atomic E-state index is 13.0. The molecule has 1 heterocycles. The van der Waals surface area contributed by atoms with Gasteiger partial charge in [-0.05, 0) is 36.6 Å². The van der Waals surface area contributed by atoms with Crippen LogP contribution in [0.2, 0.25) is 0 Å². The molecule has 0 unspecified atom stereocenters. The average molecular weight is 433 g/mol. The molecule has 4 rings (SSSR count). The molecular weight excluding hydrogens is 408 g/mol. The SMILES string of the molecule is Cc1cccc(C)c1NC(=O)/C(C#N)=C\c1cn(Cc2ccccc2)nc1-c1ccccc1. The van der Waals surface area contributed by atoms with Crippen molar-refractivity contribution < 1.29 is 4.79 Å². The van der Waals surface area contributed by atoms with Gasteiger partial charge in [-0.2, -0.15) is 10.4 Å². The molecule has 3 aromatic carbocycles. The summed E-state index contributed by atoms with van der Waals surface area (Å²) in [6.07, 6.45) is 3.48. The molecule has 5 nitrogen and oxygen atoms in total. The predicted octanol–water partition coefficient (Wildman–Crippen LogP) is 5.76. The van der Waals surface area contributed by atoms with Crippen molar-refractivity contribution in [1.29, 1.82) is 5.26 Å². The first kappa shape index (κ1) is 21.8. The molecule has 0 bridgehead atoms. The Bertz CT molecular complexity index is 1330. The van der Waals surface area contributed by atoms with Crippen LogP contribution in [0.25, 0.3) is 17.3 Å². The van der Waals surface area contributed by atoms with Crippen LogP contribution < -0.4 is 5.32 Å². The Balaban J connectivity index is 1.71. The number of aryl methyl sites for hydroxylation is 2. The highest BCUT2D eigenvalue weighted by molar-refractivity contribution is 6.10. The Hall–Kier alpha value is -4.43. The summed E-state index contributed by atoms with van der Waals surface area (Å²) >= 11 is 0. The molecule has 0 radical (unpaired) electrons. The van der Waals surface area contributed by atoms with Crippen LogP contribution in [0.4, 0.5) is 5.69 Å². The summed E-state index contributed by atoms with van der Waals surface area (Å²) in [6, 6.07) is 27.7. The summed E-state index contributed by atoms with van der Waals surface area (Å²) in [4.78, 5) is 13.0. The van der Waals surface area contributed by atoms with E-state index >= 15 is 0 Å². The van der Waals surface area contributed by atoms with Crippen molar-refractivity contribution in [2.24, 2.45) is 0 Å². The van der Waals surface area contributed by atoms with Crippen molar-refractivity contribution in [2.45, 2.75) is 20.4 Å². The zero-order valence-electron chi connectivity index (χ0n) is 18.6. The van der Waals surface area contributed by atoms with Crippen molar-refractivity contribution in [1.82, 2.24) is 9.78 Å². The number of nitrogens with zero attached hydrogens (tertiary/aromatic N) is 3. The van der Waals surface area contributed by atoms with Crippen LogP contribution in [-0.2, 0) is 11.3 Å². The smallest absolute Gasteiger partial charge is 0.266 e. The van der Waals surface area contributed by atoms with E-state index in [4.69, 9.17) is 5.10 Å². The molecule has 4 aromatic rings. The molecule has 1 N–H and O–H groups in total. The Morgan fingerprint density at radius 1 is 0.970 bits per heavy atom. The van der Waals surface area contributed by atoms with Gasteiger partial charge in [-0.25, -0.2) is 0 Å². The van der Waals surface area contributed by atoms with Gasteiger partial charge in [0.2, 0.25) is 0 Å². The molecule has 0 aliphatic heterocycles. The molecule has 0 spiro atoms. The number of nitrogens with one attached hydrogen (secondary N) is 1. The van der Waals surface area contributed by atoms with Crippen LogP contribution in [0.15, 0.2) is 90.6 Å². The van der Waals surface area contributed by atoms with Crippen molar-refractivity contribution in [2.75, 3.05) is 5.32 Å². The fraction of sp³-hybridized carbons (Fsp3) is 0.107. The minimum absolute atomic E-state index is 0.0223. The fourth-order valence-corrected chi connectivity index (χ4v) is 3.71. The summed E-state index contributed by atoms with van der Waals surface area (Å²) in [6.45, 7) is 4.45. The van der Waals surface area contributed by atoms with Crippen LogP contribution in [0, 0.1) is 25.2 Å². The second kappa shape index (κ2) is 9.80. The molecule has 0 saturated heterocycles. The van der Waals surface area contributed by atoms with Crippen LogP contribution in [0.1, 0.15) is 22.3 Å². The van der Waals surface area contributed by atoms with Crippen LogP contribution in [-0.4, -0.2) is 15.7 Å². The summed E-state index contributed by atoms with van der Waals surface area (Å²) in [5.74, 6) is -0.440. The molecule has 5 heteroatoms. The molecule has 0 saturated carbocycles. The molecule has 33 heavy (non-hydrogen) atoms. The number of aromatic nitrogens is 2. The number of benzene rings is 3. The molecule has 1 amide bonds. The largest absolute Gasteiger partial charge is 0.321 e. The van der Waals surface area contributed by atoms with Crippen molar-refractivity contribution in [3.05, 3.63) is 113 Å². The Labute approximate surface area is 193 Å². The van der Waals surface area contributed by atoms with Crippen LogP contribution >= 0.6 is 0 Å². The second-order valence-corrected chi connectivity index (χ2v) is 7.87. The van der Waals surface area contributed by atoms with Gasteiger partial charge in [0.05, 0.1) is 12.2 Å². The third kappa shape index (κ3) is 5.08. The quantitative estimate of drug-likeness (QED) is 0.311. The van der Waals surface area contributed by atoms with Crippen LogP contribution in [0.5, 0.6) is 0 Å². The molecule has 0 atom stereocenters. The van der Waals surface area contributed by atoms with E-state index in [1.807, 2.05) is 104 Å². The van der Waals surface area contributed by atoms with Gasteiger partial charge in [0, 0.05) is 23.0 Å². The topological polar surface area (TPSA) is 70.7 Å². The summed E-state index contributed by atoms with van der Waals surface area (Å²) < 4.78 is 1.84. The predicted molar refractivity (Wildman–Crippen MR) is 131 cm³/mol. The van der Waals surface area contributed by atoms with E-state index in [0.29, 0.717) is 12.1 Å². The number of amides is 1. The minimum atomic E-state index is -0.440. The number of hydrogen-bond donors (Lipinski definition) is 1. The number of carbonyl (C=O) groups excluding carboxylic acids is 1. The number of anilines is 1. The van der Waals surface area contributed by atoms with Gasteiger partial charge in [-0.3, -0.25) is 9.48 Å². The molecule has 0 aliphatic carbocycles. The number of nitriles is 1. The van der Waals surface area contributed by atoms with Crippen LogP contribution in [0.3, 0.4) is 0 Å². The van der Waals surface area contributed by atoms with Gasteiger partial charge in [0.15, 0.2) is 0 Å². The molecule has 1 aromatic heterocycles. The van der Waals surface area contributed by atoms with E-state index in [1.54, 1.807) is 6.08 Å². The van der Waals surface area contributed by atoms with Gasteiger partial charge in [-0.15, -0.1) is 0 Å².